The SMILES string of the molecule is CCC(C)C1N=C(c2ccccc2Cl)c2cc(Cl)ccc2N(CC(=O)Nc2ccc(C)c(C)c2)C1=O. The number of hydrogen-bond acceptors (Lipinski definition) is 3. The van der Waals surface area contributed by atoms with Gasteiger partial charge in [-0.1, -0.05) is 67.7 Å². The minimum atomic E-state index is -0.679. The van der Waals surface area contributed by atoms with E-state index in [-0.39, 0.29) is 24.3 Å². The van der Waals surface area contributed by atoms with E-state index in [0.717, 1.165) is 17.5 Å². The van der Waals surface area contributed by atoms with Crippen LogP contribution in [0.1, 0.15) is 42.5 Å². The fourth-order valence-corrected chi connectivity index (χ4v) is 4.66. The molecule has 7 heteroatoms. The quantitative estimate of drug-likeness (QED) is 0.385. The minimum Gasteiger partial charge on any atom is -0.325 e. The molecule has 0 aromatic heterocycles. The van der Waals surface area contributed by atoms with Crippen molar-refractivity contribution in [3.8, 4) is 0 Å². The predicted molar refractivity (Wildman–Crippen MR) is 149 cm³/mol. The molecule has 186 valence electrons. The number of benzene rings is 3. The van der Waals surface area contributed by atoms with Crippen LogP contribution in [0.4, 0.5) is 11.4 Å². The number of anilines is 2. The lowest BCUT2D eigenvalue weighted by Crippen LogP contribution is -2.44. The lowest BCUT2D eigenvalue weighted by molar-refractivity contribution is -0.123. The Labute approximate surface area is 222 Å². The van der Waals surface area contributed by atoms with Gasteiger partial charge in [0.15, 0.2) is 0 Å². The summed E-state index contributed by atoms with van der Waals surface area (Å²) in [6, 6.07) is 17.7. The molecule has 1 N–H and O–H groups in total. The van der Waals surface area contributed by atoms with Crippen molar-refractivity contribution in [2.75, 3.05) is 16.8 Å². The molecule has 0 bridgehead atoms. The monoisotopic (exact) mass is 521 g/mol. The minimum absolute atomic E-state index is 0.0509. The summed E-state index contributed by atoms with van der Waals surface area (Å²) in [6.45, 7) is 7.87. The zero-order chi connectivity index (χ0) is 26.0. The van der Waals surface area contributed by atoms with Crippen LogP contribution in [0.3, 0.4) is 0 Å². The first-order chi connectivity index (χ1) is 17.2. The average molecular weight is 522 g/mol. The van der Waals surface area contributed by atoms with Crippen molar-refractivity contribution in [3.63, 3.8) is 0 Å². The van der Waals surface area contributed by atoms with Gasteiger partial charge < -0.3 is 10.2 Å². The summed E-state index contributed by atoms with van der Waals surface area (Å²) < 4.78 is 0. The van der Waals surface area contributed by atoms with Crippen LogP contribution in [0, 0.1) is 19.8 Å². The highest BCUT2D eigenvalue weighted by Crippen LogP contribution is 2.34. The van der Waals surface area contributed by atoms with E-state index in [4.69, 9.17) is 28.2 Å². The first-order valence-corrected chi connectivity index (χ1v) is 12.8. The summed E-state index contributed by atoms with van der Waals surface area (Å²) >= 11 is 13.0. The Balaban J connectivity index is 1.79. The van der Waals surface area contributed by atoms with Crippen molar-refractivity contribution in [1.29, 1.82) is 0 Å². The number of nitrogens with zero attached hydrogens (tertiary/aromatic N) is 2. The van der Waals surface area contributed by atoms with Gasteiger partial charge in [-0.15, -0.1) is 0 Å². The smallest absolute Gasteiger partial charge is 0.252 e. The fraction of sp³-hybridized carbons (Fsp3) is 0.276. The maximum Gasteiger partial charge on any atom is 0.252 e. The molecule has 2 amide bonds. The Kier molecular flexibility index (Phi) is 7.82. The Hall–Kier alpha value is -3.15. The van der Waals surface area contributed by atoms with Gasteiger partial charge in [0.05, 0.1) is 11.4 Å². The Morgan fingerprint density at radius 1 is 1.03 bits per heavy atom. The number of carbonyl (C=O) groups is 2. The van der Waals surface area contributed by atoms with Gasteiger partial charge in [-0.05, 0) is 67.3 Å². The molecule has 1 aliphatic rings. The summed E-state index contributed by atoms with van der Waals surface area (Å²) in [5.74, 6) is -0.577. The molecule has 0 aliphatic carbocycles. The zero-order valence-electron chi connectivity index (χ0n) is 20.8. The van der Waals surface area contributed by atoms with Crippen LogP contribution < -0.4 is 10.2 Å². The third-order valence-electron chi connectivity index (χ3n) is 6.70. The van der Waals surface area contributed by atoms with Gasteiger partial charge in [-0.3, -0.25) is 14.6 Å². The fourth-order valence-electron chi connectivity index (χ4n) is 4.26. The lowest BCUT2D eigenvalue weighted by atomic mass is 9.97. The molecule has 0 spiro atoms. The molecule has 1 heterocycles. The van der Waals surface area contributed by atoms with Crippen molar-refractivity contribution in [1.82, 2.24) is 0 Å². The number of nitrogens with one attached hydrogen (secondary N) is 1. The predicted octanol–water partition coefficient (Wildman–Crippen LogP) is 6.85. The third-order valence-corrected chi connectivity index (χ3v) is 7.26. The standard InChI is InChI=1S/C29H29Cl2N3O2/c1-5-17(2)27-29(36)34(16-26(35)32-21-12-10-18(3)19(4)14-21)25-13-11-20(30)15-23(25)28(33-27)22-8-6-7-9-24(22)31/h6-15,17,27H,5,16H2,1-4H3,(H,32,35). The number of benzodiazepines with no additional fused rings is 1. The topological polar surface area (TPSA) is 61.8 Å². The second kappa shape index (κ2) is 10.9. The van der Waals surface area contributed by atoms with Crippen LogP contribution in [0.25, 0.3) is 0 Å². The van der Waals surface area contributed by atoms with E-state index in [1.165, 1.54) is 4.90 Å². The summed E-state index contributed by atoms with van der Waals surface area (Å²) in [5.41, 5.74) is 5.44. The molecule has 1 aliphatic heterocycles. The van der Waals surface area contributed by atoms with Crippen molar-refractivity contribution in [3.05, 3.63) is 93.0 Å². The van der Waals surface area contributed by atoms with Crippen molar-refractivity contribution in [2.45, 2.75) is 40.2 Å². The van der Waals surface area contributed by atoms with Gasteiger partial charge in [0, 0.05) is 26.9 Å². The van der Waals surface area contributed by atoms with Crippen LogP contribution in [0.15, 0.2) is 65.7 Å². The molecule has 0 saturated carbocycles. The highest BCUT2D eigenvalue weighted by molar-refractivity contribution is 6.37. The summed E-state index contributed by atoms with van der Waals surface area (Å²) in [4.78, 5) is 33.6. The van der Waals surface area contributed by atoms with Gasteiger partial charge in [-0.2, -0.15) is 0 Å². The average Bonchev–Trinajstić information content (AvgIpc) is 2.96. The number of carbonyl (C=O) groups excluding carboxylic acids is 2. The zero-order valence-corrected chi connectivity index (χ0v) is 22.3. The molecule has 5 nitrogen and oxygen atoms in total. The molecule has 0 radical (unpaired) electrons. The van der Waals surface area contributed by atoms with Gasteiger partial charge in [0.25, 0.3) is 5.91 Å². The Morgan fingerprint density at radius 2 is 1.78 bits per heavy atom. The van der Waals surface area contributed by atoms with Crippen LogP contribution in [-0.4, -0.2) is 30.1 Å². The van der Waals surface area contributed by atoms with Crippen molar-refractivity contribution >= 4 is 52.1 Å². The maximum absolute atomic E-state index is 13.9. The molecular weight excluding hydrogens is 493 g/mol. The first kappa shape index (κ1) is 25.9. The highest BCUT2D eigenvalue weighted by atomic mass is 35.5. The molecule has 0 fully saturated rings. The number of amides is 2. The molecule has 2 unspecified atom stereocenters. The lowest BCUT2D eigenvalue weighted by Gasteiger charge is -2.26. The summed E-state index contributed by atoms with van der Waals surface area (Å²) in [5, 5.41) is 3.96. The number of aliphatic imine (C=N–C) groups is 1. The molecule has 36 heavy (non-hydrogen) atoms. The van der Waals surface area contributed by atoms with Crippen molar-refractivity contribution < 1.29 is 9.59 Å². The second-order valence-corrected chi connectivity index (χ2v) is 10.1. The maximum atomic E-state index is 13.9. The van der Waals surface area contributed by atoms with Gasteiger partial charge in [-0.25, -0.2) is 0 Å². The summed E-state index contributed by atoms with van der Waals surface area (Å²) in [6.07, 6.45) is 0.746. The van der Waals surface area contributed by atoms with E-state index >= 15 is 0 Å². The van der Waals surface area contributed by atoms with Crippen LogP contribution in [-0.2, 0) is 9.59 Å². The van der Waals surface area contributed by atoms with Crippen LogP contribution in [0.5, 0.6) is 0 Å². The van der Waals surface area contributed by atoms with E-state index in [0.29, 0.717) is 38.3 Å². The summed E-state index contributed by atoms with van der Waals surface area (Å²) in [7, 11) is 0. The van der Waals surface area contributed by atoms with Gasteiger partial charge in [0.1, 0.15) is 12.6 Å². The number of fused-ring (bicyclic) bond motifs is 1. The van der Waals surface area contributed by atoms with E-state index in [1.807, 2.05) is 64.1 Å². The van der Waals surface area contributed by atoms with E-state index in [9.17, 15) is 9.59 Å². The Morgan fingerprint density at radius 3 is 2.47 bits per heavy atom. The van der Waals surface area contributed by atoms with Crippen molar-refractivity contribution in [2.24, 2.45) is 10.9 Å². The van der Waals surface area contributed by atoms with Crippen LogP contribution >= 0.6 is 23.2 Å². The molecular formula is C29H29Cl2N3O2. The largest absolute Gasteiger partial charge is 0.325 e. The van der Waals surface area contributed by atoms with E-state index in [2.05, 4.69) is 5.32 Å². The number of rotatable bonds is 6. The van der Waals surface area contributed by atoms with E-state index < -0.39 is 6.04 Å². The van der Waals surface area contributed by atoms with Gasteiger partial charge in [0.2, 0.25) is 5.91 Å². The normalized spacial score (nSPS) is 16.2. The van der Waals surface area contributed by atoms with E-state index in [1.54, 1.807) is 24.3 Å². The second-order valence-electron chi connectivity index (χ2n) is 9.22. The molecule has 4 rings (SSSR count). The molecule has 3 aromatic carbocycles. The molecule has 3 aromatic rings. The molecule has 0 saturated heterocycles. The Bertz CT molecular complexity index is 1350. The number of halogens is 2. The first-order valence-electron chi connectivity index (χ1n) is 12.0. The third kappa shape index (κ3) is 5.32. The number of aryl methyl sites for hydroxylation is 2. The van der Waals surface area contributed by atoms with Crippen LogP contribution in [0.2, 0.25) is 10.0 Å². The highest BCUT2D eigenvalue weighted by Gasteiger charge is 2.36. The molecule has 2 atom stereocenters. The van der Waals surface area contributed by atoms with Gasteiger partial charge >= 0.3 is 0 Å². The number of hydrogen-bond donors (Lipinski definition) is 1.